The van der Waals surface area contributed by atoms with Crippen molar-refractivity contribution in [3.8, 4) is 0 Å². The standard InChI is InChI=1S/C12H16O2/c1-9(2)14-12-7-5-11(6-8-12)10(3)13-4/h5,7H,1,3,6,8H2,2,4H3. The van der Waals surface area contributed by atoms with E-state index >= 15 is 0 Å². The molecule has 0 N–H and O–H groups in total. The van der Waals surface area contributed by atoms with Crippen molar-refractivity contribution in [1.82, 2.24) is 0 Å². The van der Waals surface area contributed by atoms with E-state index in [1.54, 1.807) is 7.11 Å². The van der Waals surface area contributed by atoms with E-state index in [1.165, 1.54) is 0 Å². The first-order chi connectivity index (χ1) is 6.63. The second kappa shape index (κ2) is 4.70. The summed E-state index contributed by atoms with van der Waals surface area (Å²) in [6.07, 6.45) is 5.71. The van der Waals surface area contributed by atoms with Crippen LogP contribution in [-0.2, 0) is 9.47 Å². The minimum absolute atomic E-state index is 0.721. The zero-order valence-electron chi connectivity index (χ0n) is 8.80. The average molecular weight is 192 g/mol. The van der Waals surface area contributed by atoms with Crippen LogP contribution in [-0.4, -0.2) is 7.11 Å². The van der Waals surface area contributed by atoms with Gasteiger partial charge in [0.25, 0.3) is 0 Å². The number of ether oxygens (including phenoxy) is 2. The molecular formula is C12H16O2. The summed E-state index contributed by atoms with van der Waals surface area (Å²) in [6, 6.07) is 0. The van der Waals surface area contributed by atoms with Crippen molar-refractivity contribution in [2.24, 2.45) is 0 Å². The molecule has 1 aliphatic rings. The van der Waals surface area contributed by atoms with Crippen molar-refractivity contribution >= 4 is 0 Å². The van der Waals surface area contributed by atoms with E-state index in [1.807, 2.05) is 19.1 Å². The lowest BCUT2D eigenvalue weighted by atomic mass is 10.0. The summed E-state index contributed by atoms with van der Waals surface area (Å²) in [5, 5.41) is 0. The number of allylic oxidation sites excluding steroid dienone is 5. The van der Waals surface area contributed by atoms with Gasteiger partial charge in [0.1, 0.15) is 11.5 Å². The van der Waals surface area contributed by atoms with E-state index in [0.717, 1.165) is 35.7 Å². The van der Waals surface area contributed by atoms with Crippen LogP contribution in [0.1, 0.15) is 19.8 Å². The van der Waals surface area contributed by atoms with E-state index in [2.05, 4.69) is 13.2 Å². The van der Waals surface area contributed by atoms with Crippen molar-refractivity contribution in [3.05, 3.63) is 48.2 Å². The molecule has 0 aromatic carbocycles. The monoisotopic (exact) mass is 192 g/mol. The Labute approximate surface area is 85.2 Å². The molecule has 14 heavy (non-hydrogen) atoms. The van der Waals surface area contributed by atoms with E-state index in [0.29, 0.717) is 0 Å². The van der Waals surface area contributed by atoms with Crippen molar-refractivity contribution in [3.63, 3.8) is 0 Å². The molecular weight excluding hydrogens is 176 g/mol. The first kappa shape index (κ1) is 10.6. The third-order valence-electron chi connectivity index (χ3n) is 2.02. The van der Waals surface area contributed by atoms with Crippen LogP contribution in [0.15, 0.2) is 48.2 Å². The van der Waals surface area contributed by atoms with Gasteiger partial charge in [-0.1, -0.05) is 19.2 Å². The second-order valence-corrected chi connectivity index (χ2v) is 3.26. The maximum absolute atomic E-state index is 5.40. The van der Waals surface area contributed by atoms with Crippen LogP contribution in [0, 0.1) is 0 Å². The van der Waals surface area contributed by atoms with Crippen LogP contribution in [0.25, 0.3) is 0 Å². The van der Waals surface area contributed by atoms with Gasteiger partial charge in [-0.15, -0.1) is 0 Å². The van der Waals surface area contributed by atoms with Gasteiger partial charge in [-0.3, -0.25) is 0 Å². The molecule has 0 aliphatic heterocycles. The molecule has 0 atom stereocenters. The highest BCUT2D eigenvalue weighted by Crippen LogP contribution is 2.24. The molecule has 1 rings (SSSR count). The lowest BCUT2D eigenvalue weighted by Crippen LogP contribution is -1.99. The Morgan fingerprint density at radius 1 is 1.29 bits per heavy atom. The average Bonchev–Trinajstić information content (AvgIpc) is 2.17. The Kier molecular flexibility index (Phi) is 3.57. The van der Waals surface area contributed by atoms with Crippen molar-refractivity contribution in [2.45, 2.75) is 19.8 Å². The molecule has 0 bridgehead atoms. The van der Waals surface area contributed by atoms with Crippen LogP contribution < -0.4 is 0 Å². The number of hydrogen-bond acceptors (Lipinski definition) is 2. The highest BCUT2D eigenvalue weighted by Gasteiger charge is 2.10. The lowest BCUT2D eigenvalue weighted by Gasteiger charge is -2.16. The zero-order valence-corrected chi connectivity index (χ0v) is 8.80. The molecule has 76 valence electrons. The molecule has 0 unspecified atom stereocenters. The minimum atomic E-state index is 0.721. The van der Waals surface area contributed by atoms with Crippen molar-refractivity contribution < 1.29 is 9.47 Å². The summed E-state index contributed by atoms with van der Waals surface area (Å²) in [5.74, 6) is 2.40. The fourth-order valence-electron chi connectivity index (χ4n) is 1.29. The van der Waals surface area contributed by atoms with Gasteiger partial charge >= 0.3 is 0 Å². The smallest absolute Gasteiger partial charge is 0.114 e. The molecule has 0 fully saturated rings. The minimum Gasteiger partial charge on any atom is -0.497 e. The Balaban J connectivity index is 2.64. The molecule has 0 heterocycles. The van der Waals surface area contributed by atoms with Crippen LogP contribution >= 0.6 is 0 Å². The summed E-state index contributed by atoms with van der Waals surface area (Å²) >= 11 is 0. The quantitative estimate of drug-likeness (QED) is 0.636. The normalized spacial score (nSPS) is 15.3. The molecule has 0 spiro atoms. The SMILES string of the molecule is C=C(C)OC1=CC=C(C(=C)OC)CC1. The maximum atomic E-state index is 5.40. The number of methoxy groups -OCH3 is 1. The first-order valence-corrected chi connectivity index (χ1v) is 4.60. The van der Waals surface area contributed by atoms with Gasteiger partial charge in [0.05, 0.1) is 12.9 Å². The summed E-state index contributed by atoms with van der Waals surface area (Å²) in [5.41, 5.74) is 1.13. The zero-order chi connectivity index (χ0) is 10.6. The lowest BCUT2D eigenvalue weighted by molar-refractivity contribution is 0.283. The predicted molar refractivity (Wildman–Crippen MR) is 57.4 cm³/mol. The van der Waals surface area contributed by atoms with Gasteiger partial charge in [0.15, 0.2) is 0 Å². The Hall–Kier alpha value is -1.44. The highest BCUT2D eigenvalue weighted by atomic mass is 16.5. The first-order valence-electron chi connectivity index (χ1n) is 4.60. The Morgan fingerprint density at radius 3 is 2.43 bits per heavy atom. The fourth-order valence-corrected chi connectivity index (χ4v) is 1.29. The summed E-state index contributed by atoms with van der Waals surface area (Å²) in [6.45, 7) is 9.34. The third-order valence-corrected chi connectivity index (χ3v) is 2.02. The van der Waals surface area contributed by atoms with E-state index in [4.69, 9.17) is 9.47 Å². The van der Waals surface area contributed by atoms with Gasteiger partial charge in [0.2, 0.25) is 0 Å². The topological polar surface area (TPSA) is 18.5 Å². The van der Waals surface area contributed by atoms with Crippen LogP contribution in [0.4, 0.5) is 0 Å². The largest absolute Gasteiger partial charge is 0.497 e. The van der Waals surface area contributed by atoms with Crippen molar-refractivity contribution in [1.29, 1.82) is 0 Å². The molecule has 0 saturated carbocycles. The summed E-state index contributed by atoms with van der Waals surface area (Å²) in [4.78, 5) is 0. The van der Waals surface area contributed by atoms with Crippen LogP contribution in [0.2, 0.25) is 0 Å². The maximum Gasteiger partial charge on any atom is 0.114 e. The molecule has 0 aromatic heterocycles. The molecule has 2 nitrogen and oxygen atoms in total. The summed E-state index contributed by atoms with van der Waals surface area (Å²) < 4.78 is 10.5. The molecule has 0 saturated heterocycles. The fraction of sp³-hybridized carbons (Fsp3) is 0.333. The highest BCUT2D eigenvalue weighted by molar-refractivity contribution is 5.32. The second-order valence-electron chi connectivity index (χ2n) is 3.26. The van der Waals surface area contributed by atoms with Crippen LogP contribution in [0.5, 0.6) is 0 Å². The Bertz CT molecular complexity index is 308. The van der Waals surface area contributed by atoms with Gasteiger partial charge in [-0.25, -0.2) is 0 Å². The van der Waals surface area contributed by atoms with E-state index in [-0.39, 0.29) is 0 Å². The van der Waals surface area contributed by atoms with Crippen LogP contribution in [0.3, 0.4) is 0 Å². The number of hydrogen-bond donors (Lipinski definition) is 0. The van der Waals surface area contributed by atoms with Crippen molar-refractivity contribution in [2.75, 3.05) is 7.11 Å². The molecule has 1 aliphatic carbocycles. The van der Waals surface area contributed by atoms with Gasteiger partial charge in [0, 0.05) is 6.42 Å². The van der Waals surface area contributed by atoms with Gasteiger partial charge < -0.3 is 9.47 Å². The number of rotatable bonds is 4. The van der Waals surface area contributed by atoms with Gasteiger partial charge in [-0.05, 0) is 25.0 Å². The molecule has 0 amide bonds. The predicted octanol–water partition coefficient (Wildman–Crippen LogP) is 3.30. The third kappa shape index (κ3) is 2.80. The molecule has 0 aromatic rings. The summed E-state index contributed by atoms with van der Waals surface area (Å²) in [7, 11) is 1.63. The van der Waals surface area contributed by atoms with E-state index in [9.17, 15) is 0 Å². The molecule has 2 heteroatoms. The Morgan fingerprint density at radius 2 is 2.00 bits per heavy atom. The van der Waals surface area contributed by atoms with Gasteiger partial charge in [-0.2, -0.15) is 0 Å². The molecule has 0 radical (unpaired) electrons. The van der Waals surface area contributed by atoms with E-state index < -0.39 is 0 Å².